The molecular formula is C7H11AsO3. The van der Waals surface area contributed by atoms with Crippen molar-refractivity contribution in [1.82, 2.24) is 0 Å². The summed E-state index contributed by atoms with van der Waals surface area (Å²) in [6, 6.07) is 10.3. The number of rotatable bonds is 0. The van der Waals surface area contributed by atoms with E-state index in [1.165, 1.54) is 5.56 Å². The van der Waals surface area contributed by atoms with Crippen LogP contribution in [-0.4, -0.2) is 23.5 Å². The van der Waals surface area contributed by atoms with E-state index in [9.17, 15) is 0 Å². The minimum atomic E-state index is -3.58. The van der Waals surface area contributed by atoms with Crippen molar-refractivity contribution in [2.24, 2.45) is 0 Å². The molecule has 0 fully saturated rings. The maximum absolute atomic E-state index is 8.81. The van der Waals surface area contributed by atoms with Crippen molar-refractivity contribution in [2.75, 3.05) is 0 Å². The molecule has 0 radical (unpaired) electrons. The first-order valence-electron chi connectivity index (χ1n) is 3.06. The average Bonchev–Trinajstić information content (AvgIpc) is 1.87. The molecule has 0 aromatic heterocycles. The van der Waals surface area contributed by atoms with E-state index < -0.39 is 15.3 Å². The van der Waals surface area contributed by atoms with Crippen LogP contribution in [0.1, 0.15) is 5.56 Å². The molecule has 0 saturated carbocycles. The molecule has 62 valence electrons. The topological polar surface area (TPSA) is 57.5 Å². The number of hydrogen-bond donors (Lipinski definition) is 2. The third-order valence-corrected chi connectivity index (χ3v) is 0.940. The Labute approximate surface area is 70.5 Å². The van der Waals surface area contributed by atoms with E-state index in [4.69, 9.17) is 11.9 Å². The van der Waals surface area contributed by atoms with Gasteiger partial charge in [-0.3, -0.25) is 0 Å². The quantitative estimate of drug-likeness (QED) is 0.608. The Morgan fingerprint density at radius 1 is 1.18 bits per heavy atom. The fourth-order valence-corrected chi connectivity index (χ4v) is 0.534. The molecule has 0 aliphatic heterocycles. The summed E-state index contributed by atoms with van der Waals surface area (Å²) < 4.78 is 23.2. The third kappa shape index (κ3) is 9.50. The van der Waals surface area contributed by atoms with E-state index in [0.717, 1.165) is 0 Å². The molecule has 2 N–H and O–H groups in total. The Morgan fingerprint density at radius 2 is 1.55 bits per heavy atom. The van der Waals surface area contributed by atoms with Crippen LogP contribution < -0.4 is 0 Å². The first-order chi connectivity index (χ1) is 5.13. The van der Waals surface area contributed by atoms with Crippen LogP contribution in [0.3, 0.4) is 0 Å². The van der Waals surface area contributed by atoms with Gasteiger partial charge < -0.3 is 0 Å². The Balaban J connectivity index is 0.000000218. The molecule has 11 heavy (non-hydrogen) atoms. The molecular weight excluding hydrogens is 207 g/mol. The fourth-order valence-electron chi connectivity index (χ4n) is 0.534. The number of hydrogen-bond acceptors (Lipinski definition) is 1. The van der Waals surface area contributed by atoms with Crippen molar-refractivity contribution < 1.29 is 11.9 Å². The second-order valence-electron chi connectivity index (χ2n) is 1.94. The SMILES string of the molecule is Cc1ccccc1.O=[AsH](O)O. The molecule has 0 unspecified atom stereocenters. The second-order valence-corrected chi connectivity index (χ2v) is 3.12. The van der Waals surface area contributed by atoms with Gasteiger partial charge in [-0.2, -0.15) is 0 Å². The molecule has 0 saturated heterocycles. The van der Waals surface area contributed by atoms with Gasteiger partial charge in [0.1, 0.15) is 0 Å². The zero-order valence-electron chi connectivity index (χ0n) is 6.19. The van der Waals surface area contributed by atoms with E-state index in [0.29, 0.717) is 0 Å². The van der Waals surface area contributed by atoms with Gasteiger partial charge in [-0.05, 0) is 6.92 Å². The van der Waals surface area contributed by atoms with Crippen molar-refractivity contribution in [2.45, 2.75) is 6.92 Å². The van der Waals surface area contributed by atoms with Crippen LogP contribution in [0.4, 0.5) is 0 Å². The van der Waals surface area contributed by atoms with Crippen molar-refractivity contribution in [3.63, 3.8) is 0 Å². The van der Waals surface area contributed by atoms with Gasteiger partial charge in [0.2, 0.25) is 0 Å². The Bertz CT molecular complexity index is 206. The summed E-state index contributed by atoms with van der Waals surface area (Å²) in [5, 5.41) is 0. The predicted octanol–water partition coefficient (Wildman–Crippen LogP) is 0.114. The summed E-state index contributed by atoms with van der Waals surface area (Å²) in [5.74, 6) is 0. The Morgan fingerprint density at radius 3 is 1.73 bits per heavy atom. The third-order valence-electron chi connectivity index (χ3n) is 0.940. The van der Waals surface area contributed by atoms with Crippen LogP contribution >= 0.6 is 0 Å². The Kier molecular flexibility index (Phi) is 5.94. The van der Waals surface area contributed by atoms with Gasteiger partial charge in [-0.15, -0.1) is 0 Å². The second kappa shape index (κ2) is 6.22. The summed E-state index contributed by atoms with van der Waals surface area (Å²) in [4.78, 5) is 0. The molecule has 4 heteroatoms. The molecule has 1 aromatic carbocycles. The van der Waals surface area contributed by atoms with E-state index in [1.54, 1.807) is 0 Å². The first kappa shape index (κ1) is 10.5. The van der Waals surface area contributed by atoms with Crippen LogP contribution in [0, 0.1) is 6.92 Å². The van der Waals surface area contributed by atoms with E-state index in [-0.39, 0.29) is 0 Å². The zero-order valence-corrected chi connectivity index (χ0v) is 8.29. The molecule has 0 aliphatic carbocycles. The maximum atomic E-state index is 8.81. The van der Waals surface area contributed by atoms with Crippen LogP contribution in [0.25, 0.3) is 0 Å². The summed E-state index contributed by atoms with van der Waals surface area (Å²) >= 11 is -3.58. The fraction of sp³-hybridized carbons (Fsp3) is 0.143. The minimum absolute atomic E-state index is 1.32. The van der Waals surface area contributed by atoms with Crippen molar-refractivity contribution in [3.05, 3.63) is 35.9 Å². The normalized spacial score (nSPS) is 8.73. The summed E-state index contributed by atoms with van der Waals surface area (Å²) in [5.41, 5.74) is 1.32. The predicted molar refractivity (Wildman–Crippen MR) is 43.5 cm³/mol. The van der Waals surface area contributed by atoms with Gasteiger partial charge in [-0.25, -0.2) is 0 Å². The van der Waals surface area contributed by atoms with Crippen LogP contribution in [-0.2, 0) is 3.74 Å². The van der Waals surface area contributed by atoms with E-state index in [1.807, 2.05) is 18.2 Å². The Hall–Kier alpha value is -0.502. The van der Waals surface area contributed by atoms with Gasteiger partial charge in [0.05, 0.1) is 0 Å². The zero-order chi connectivity index (χ0) is 8.69. The molecule has 1 rings (SSSR count). The van der Waals surface area contributed by atoms with Crippen LogP contribution in [0.5, 0.6) is 0 Å². The van der Waals surface area contributed by atoms with Crippen molar-refractivity contribution in [3.8, 4) is 0 Å². The summed E-state index contributed by atoms with van der Waals surface area (Å²) in [7, 11) is 0. The van der Waals surface area contributed by atoms with Gasteiger partial charge in [0.15, 0.2) is 0 Å². The van der Waals surface area contributed by atoms with Gasteiger partial charge in [0.25, 0.3) is 0 Å². The molecule has 0 atom stereocenters. The van der Waals surface area contributed by atoms with Crippen LogP contribution in [0.2, 0.25) is 0 Å². The number of aryl methyl sites for hydroxylation is 1. The molecule has 1 aromatic rings. The van der Waals surface area contributed by atoms with Gasteiger partial charge in [-0.1, -0.05) is 35.9 Å². The molecule has 0 spiro atoms. The molecule has 0 bridgehead atoms. The summed E-state index contributed by atoms with van der Waals surface area (Å²) in [6.45, 7) is 2.08. The monoisotopic (exact) mass is 218 g/mol. The first-order valence-corrected chi connectivity index (χ1v) is 5.80. The van der Waals surface area contributed by atoms with Crippen molar-refractivity contribution in [1.29, 1.82) is 0 Å². The van der Waals surface area contributed by atoms with Gasteiger partial charge >= 0.3 is 27.2 Å². The molecule has 0 amide bonds. The molecule has 3 nitrogen and oxygen atoms in total. The number of benzene rings is 1. The molecule has 0 aliphatic rings. The van der Waals surface area contributed by atoms with E-state index in [2.05, 4.69) is 19.1 Å². The van der Waals surface area contributed by atoms with E-state index >= 15 is 0 Å². The summed E-state index contributed by atoms with van der Waals surface area (Å²) in [6.07, 6.45) is 0. The van der Waals surface area contributed by atoms with Gasteiger partial charge in [0, 0.05) is 0 Å². The van der Waals surface area contributed by atoms with Crippen molar-refractivity contribution >= 4 is 15.3 Å². The average molecular weight is 218 g/mol. The van der Waals surface area contributed by atoms with Crippen LogP contribution in [0.15, 0.2) is 30.3 Å². The standard InChI is InChI=1S/C7H8.AsH3O3/c1-7-5-3-2-4-6-7;2-1(3)4/h2-6H,1H3;1H,(H2,2,3,4). The molecule has 0 heterocycles.